The van der Waals surface area contributed by atoms with E-state index in [2.05, 4.69) is 0 Å². The van der Waals surface area contributed by atoms with Crippen LogP contribution in [0.3, 0.4) is 0 Å². The quantitative estimate of drug-likeness (QED) is 0.567. The largest absolute Gasteiger partial charge is 0.480 e. The van der Waals surface area contributed by atoms with Gasteiger partial charge in [0, 0.05) is 5.88 Å². The molecule has 2 aliphatic rings. The highest BCUT2D eigenvalue weighted by atomic mass is 35.5. The van der Waals surface area contributed by atoms with Crippen molar-refractivity contribution in [3.63, 3.8) is 0 Å². The second-order valence-electron chi connectivity index (χ2n) is 3.76. The lowest BCUT2D eigenvalue weighted by Crippen LogP contribution is -2.57. The number of carboxylic acid groups (broad SMARTS) is 1. The smallest absolute Gasteiger partial charge is 0.327 e. The van der Waals surface area contributed by atoms with Crippen molar-refractivity contribution < 1.29 is 14.7 Å². The first-order valence-electron chi connectivity index (χ1n) is 4.27. The van der Waals surface area contributed by atoms with Crippen LogP contribution in [-0.4, -0.2) is 43.9 Å². The molecule has 0 aromatic carbocycles. The van der Waals surface area contributed by atoms with Crippen molar-refractivity contribution in [2.45, 2.75) is 29.5 Å². The van der Waals surface area contributed by atoms with Gasteiger partial charge in [-0.05, 0) is 6.92 Å². The molecule has 0 aromatic rings. The minimum Gasteiger partial charge on any atom is -0.480 e. The van der Waals surface area contributed by atoms with Crippen LogP contribution in [0.1, 0.15) is 13.3 Å². The van der Waals surface area contributed by atoms with Gasteiger partial charge in [0.15, 0.2) is 0 Å². The second kappa shape index (κ2) is 3.03. The average Bonchev–Trinajstić information content (AvgIpc) is 2.35. The number of alkyl halides is 1. The van der Waals surface area contributed by atoms with E-state index in [1.54, 1.807) is 6.92 Å². The molecule has 2 saturated heterocycles. The number of carbonyl (C=O) groups is 2. The van der Waals surface area contributed by atoms with Crippen molar-refractivity contribution in [3.05, 3.63) is 0 Å². The molecule has 2 heterocycles. The van der Waals surface area contributed by atoms with E-state index in [0.717, 1.165) is 0 Å². The number of carbonyl (C=O) groups excluding carboxylic acids is 1. The maximum atomic E-state index is 11.2. The van der Waals surface area contributed by atoms with Gasteiger partial charge in [-0.1, -0.05) is 0 Å². The zero-order chi connectivity index (χ0) is 10.5. The number of fused-ring (bicyclic) bond motifs is 1. The fourth-order valence-corrected chi connectivity index (χ4v) is 3.91. The Balaban J connectivity index is 2.31. The third-order valence-corrected chi connectivity index (χ3v) is 4.99. The molecule has 3 atom stereocenters. The number of thioether (sulfide) groups is 1. The van der Waals surface area contributed by atoms with E-state index in [-0.39, 0.29) is 17.2 Å². The molecule has 2 aliphatic heterocycles. The molecule has 2 rings (SSSR count). The van der Waals surface area contributed by atoms with Crippen LogP contribution < -0.4 is 0 Å². The summed E-state index contributed by atoms with van der Waals surface area (Å²) in [6.45, 7) is 1.80. The molecule has 78 valence electrons. The monoisotopic (exact) mass is 235 g/mol. The summed E-state index contributed by atoms with van der Waals surface area (Å²) in [5.74, 6) is -0.797. The molecule has 14 heavy (non-hydrogen) atoms. The van der Waals surface area contributed by atoms with Gasteiger partial charge in [0.25, 0.3) is 0 Å². The summed E-state index contributed by atoms with van der Waals surface area (Å²) < 4.78 is -0.551. The number of β-lactam (4-membered cyclic amide) rings is 1. The van der Waals surface area contributed by atoms with Crippen LogP contribution in [0.2, 0.25) is 0 Å². The minimum absolute atomic E-state index is 0.0207. The second-order valence-corrected chi connectivity index (χ2v) is 5.74. The van der Waals surface area contributed by atoms with Crippen LogP contribution in [-0.2, 0) is 9.59 Å². The zero-order valence-corrected chi connectivity index (χ0v) is 9.14. The first kappa shape index (κ1) is 10.1. The molecule has 0 radical (unpaired) electrons. The van der Waals surface area contributed by atoms with E-state index in [1.165, 1.54) is 16.7 Å². The van der Waals surface area contributed by atoms with Crippen molar-refractivity contribution in [2.75, 3.05) is 5.88 Å². The number of aliphatic carboxylic acids is 1. The summed E-state index contributed by atoms with van der Waals surface area (Å²) in [7, 11) is 0. The van der Waals surface area contributed by atoms with Gasteiger partial charge in [-0.3, -0.25) is 4.79 Å². The highest BCUT2D eigenvalue weighted by Gasteiger charge is 2.60. The topological polar surface area (TPSA) is 57.6 Å². The van der Waals surface area contributed by atoms with E-state index in [1.807, 2.05) is 0 Å². The average molecular weight is 236 g/mol. The lowest BCUT2D eigenvalue weighted by Gasteiger charge is -2.36. The van der Waals surface area contributed by atoms with E-state index in [4.69, 9.17) is 16.7 Å². The van der Waals surface area contributed by atoms with Crippen LogP contribution in [0, 0.1) is 0 Å². The number of hydrogen-bond donors (Lipinski definition) is 1. The summed E-state index contributed by atoms with van der Waals surface area (Å²) in [5, 5.41) is 9.07. The molecular formula is C8H10ClNO3S. The highest BCUT2D eigenvalue weighted by molar-refractivity contribution is 8.01. The molecule has 1 unspecified atom stereocenters. The summed E-state index contributed by atoms with van der Waals surface area (Å²) in [6, 6.07) is -0.767. The third-order valence-electron chi connectivity index (χ3n) is 2.71. The molecule has 6 heteroatoms. The van der Waals surface area contributed by atoms with Crippen LogP contribution in [0.25, 0.3) is 0 Å². The molecule has 1 amide bonds. The lowest BCUT2D eigenvalue weighted by molar-refractivity contribution is -0.157. The van der Waals surface area contributed by atoms with Gasteiger partial charge < -0.3 is 10.0 Å². The molecule has 1 N–H and O–H groups in total. The standard InChI is InChI=1S/C8H10ClNO3S/c1-8(3-9)6(7(12)13)10-4(11)2-5(10)14-8/h5-6H,2-3H2,1H3,(H,12,13)/t5-,6+,8?/m1/s1. The SMILES string of the molecule is CC1(CCl)S[C@@H]2CC(=O)N2[C@H]1C(=O)O. The number of carboxylic acids is 1. The number of hydrogen-bond acceptors (Lipinski definition) is 3. The Bertz CT molecular complexity index is 311. The maximum absolute atomic E-state index is 11.2. The molecule has 0 saturated carbocycles. The van der Waals surface area contributed by atoms with Crippen molar-refractivity contribution in [1.82, 2.24) is 4.90 Å². The molecule has 0 spiro atoms. The van der Waals surface area contributed by atoms with Crippen LogP contribution in [0.5, 0.6) is 0 Å². The van der Waals surface area contributed by atoms with Crippen molar-refractivity contribution in [2.24, 2.45) is 0 Å². The van der Waals surface area contributed by atoms with Gasteiger partial charge in [0.2, 0.25) is 5.91 Å². The van der Waals surface area contributed by atoms with Crippen LogP contribution in [0.4, 0.5) is 0 Å². The summed E-state index contributed by atoms with van der Waals surface area (Å²) in [6.07, 6.45) is 0.445. The Morgan fingerprint density at radius 1 is 1.86 bits per heavy atom. The van der Waals surface area contributed by atoms with E-state index < -0.39 is 16.8 Å². The molecule has 0 bridgehead atoms. The number of halogens is 1. The first-order valence-corrected chi connectivity index (χ1v) is 5.69. The molecule has 0 aliphatic carbocycles. The first-order chi connectivity index (χ1) is 6.49. The number of nitrogens with zero attached hydrogens (tertiary/aromatic N) is 1. The van der Waals surface area contributed by atoms with Crippen LogP contribution in [0.15, 0.2) is 0 Å². The zero-order valence-electron chi connectivity index (χ0n) is 7.57. The summed E-state index contributed by atoms with van der Waals surface area (Å²) >= 11 is 7.27. The van der Waals surface area contributed by atoms with Crippen LogP contribution >= 0.6 is 23.4 Å². The Kier molecular flexibility index (Phi) is 2.19. The molecule has 2 fully saturated rings. The third kappa shape index (κ3) is 1.15. The van der Waals surface area contributed by atoms with Crippen molar-refractivity contribution in [3.8, 4) is 0 Å². The van der Waals surface area contributed by atoms with Gasteiger partial charge in [0.1, 0.15) is 6.04 Å². The van der Waals surface area contributed by atoms with Gasteiger partial charge in [-0.15, -0.1) is 23.4 Å². The van der Waals surface area contributed by atoms with Crippen molar-refractivity contribution >= 4 is 35.2 Å². The Labute approximate surface area is 90.6 Å². The fraction of sp³-hybridized carbons (Fsp3) is 0.750. The summed E-state index contributed by atoms with van der Waals surface area (Å²) in [5.41, 5.74) is 0. The Hall–Kier alpha value is -0.420. The minimum atomic E-state index is -0.962. The normalized spacial score (nSPS) is 40.7. The van der Waals surface area contributed by atoms with Gasteiger partial charge in [-0.25, -0.2) is 4.79 Å². The van der Waals surface area contributed by atoms with Crippen molar-refractivity contribution in [1.29, 1.82) is 0 Å². The molecular weight excluding hydrogens is 226 g/mol. The van der Waals surface area contributed by atoms with E-state index >= 15 is 0 Å². The molecule has 4 nitrogen and oxygen atoms in total. The lowest BCUT2D eigenvalue weighted by atomic mass is 9.98. The Morgan fingerprint density at radius 2 is 2.50 bits per heavy atom. The predicted octanol–water partition coefficient (Wildman–Crippen LogP) is 0.742. The van der Waals surface area contributed by atoms with Gasteiger partial charge in [-0.2, -0.15) is 0 Å². The maximum Gasteiger partial charge on any atom is 0.327 e. The van der Waals surface area contributed by atoms with Gasteiger partial charge in [0.05, 0.1) is 16.5 Å². The van der Waals surface area contributed by atoms with Gasteiger partial charge >= 0.3 is 5.97 Å². The number of amides is 1. The highest BCUT2D eigenvalue weighted by Crippen LogP contribution is 2.51. The van der Waals surface area contributed by atoms with E-state index in [9.17, 15) is 9.59 Å². The van der Waals surface area contributed by atoms with E-state index in [0.29, 0.717) is 6.42 Å². The fourth-order valence-electron chi connectivity index (χ4n) is 1.96. The Morgan fingerprint density at radius 3 is 2.93 bits per heavy atom. The number of rotatable bonds is 2. The predicted molar refractivity (Wildman–Crippen MR) is 53.4 cm³/mol. The molecule has 0 aromatic heterocycles. The summed E-state index contributed by atoms with van der Waals surface area (Å²) in [4.78, 5) is 23.7.